The molecular weight excluding hydrogens is 405 g/mol. The lowest BCUT2D eigenvalue weighted by Crippen LogP contribution is -2.54. The first-order chi connectivity index (χ1) is 12.6. The molecule has 3 rings (SSSR count). The molecule has 10 heteroatoms. The molecular formula is C18H27Cl2N5O3. The lowest BCUT2D eigenvalue weighted by molar-refractivity contribution is -0.135. The molecule has 2 aromatic rings. The highest BCUT2D eigenvalue weighted by Gasteiger charge is 2.29. The Morgan fingerprint density at radius 1 is 1.21 bits per heavy atom. The number of nitrogens with zero attached hydrogens (tertiary/aromatic N) is 4. The summed E-state index contributed by atoms with van der Waals surface area (Å²) in [6.45, 7) is 4.99. The zero-order valence-corrected chi connectivity index (χ0v) is 17.6. The van der Waals surface area contributed by atoms with Crippen LogP contribution >= 0.6 is 24.8 Å². The number of halogens is 2. The van der Waals surface area contributed by atoms with Gasteiger partial charge < -0.3 is 19.9 Å². The summed E-state index contributed by atoms with van der Waals surface area (Å²) in [5.41, 5.74) is 6.77. The highest BCUT2D eigenvalue weighted by Crippen LogP contribution is 2.23. The van der Waals surface area contributed by atoms with Crippen LogP contribution in [0, 0.1) is 0 Å². The number of aromatic nitrogens is 2. The van der Waals surface area contributed by atoms with Gasteiger partial charge in [-0.25, -0.2) is 0 Å². The van der Waals surface area contributed by atoms with Gasteiger partial charge in [0.05, 0.1) is 12.6 Å². The molecule has 2 N–H and O–H groups in total. The van der Waals surface area contributed by atoms with Crippen molar-refractivity contribution >= 4 is 30.7 Å². The average Bonchev–Trinajstić information content (AvgIpc) is 3.18. The first-order valence-corrected chi connectivity index (χ1v) is 8.76. The van der Waals surface area contributed by atoms with Gasteiger partial charge in [0, 0.05) is 38.9 Å². The number of hydrogen-bond acceptors (Lipinski definition) is 7. The number of piperazine rings is 1. The fourth-order valence-corrected chi connectivity index (χ4v) is 3.08. The Labute approximate surface area is 177 Å². The van der Waals surface area contributed by atoms with Crippen LogP contribution in [0.15, 0.2) is 34.9 Å². The summed E-state index contributed by atoms with van der Waals surface area (Å²) < 4.78 is 10.4. The van der Waals surface area contributed by atoms with Crippen molar-refractivity contribution in [2.75, 3.05) is 39.9 Å². The Bertz CT molecular complexity index is 723. The van der Waals surface area contributed by atoms with E-state index in [1.54, 1.807) is 12.0 Å². The average molecular weight is 432 g/mol. The molecule has 28 heavy (non-hydrogen) atoms. The van der Waals surface area contributed by atoms with Crippen molar-refractivity contribution in [3.63, 3.8) is 0 Å². The first kappa shape index (κ1) is 24.3. The highest BCUT2D eigenvalue weighted by atomic mass is 35.5. The lowest BCUT2D eigenvalue weighted by Gasteiger charge is -2.37. The molecule has 2 atom stereocenters. The van der Waals surface area contributed by atoms with Crippen molar-refractivity contribution < 1.29 is 14.1 Å². The Hall–Kier alpha value is -1.71. The number of rotatable bonds is 6. The summed E-state index contributed by atoms with van der Waals surface area (Å²) in [7, 11) is 1.54. The van der Waals surface area contributed by atoms with Gasteiger partial charge in [0.25, 0.3) is 0 Å². The molecule has 8 nitrogen and oxygen atoms in total. The minimum Gasteiger partial charge on any atom is -0.383 e. The van der Waals surface area contributed by atoms with Crippen LogP contribution in [-0.4, -0.2) is 71.8 Å². The topological polar surface area (TPSA) is 97.7 Å². The summed E-state index contributed by atoms with van der Waals surface area (Å²) in [6.07, 6.45) is 0. The van der Waals surface area contributed by atoms with Crippen molar-refractivity contribution in [2.24, 2.45) is 5.73 Å². The number of carbonyl (C=O) groups excluding carboxylic acids is 1. The van der Waals surface area contributed by atoms with Crippen LogP contribution in [0.3, 0.4) is 0 Å². The maximum atomic E-state index is 12.3. The number of amides is 1. The molecule has 1 aromatic heterocycles. The molecule has 1 aliphatic rings. The SMILES string of the molecule is COCC(N)C(=O)N1CCN(C(C)c2nc(-c3ccccc3)no2)CC1.Cl.Cl. The van der Waals surface area contributed by atoms with Gasteiger partial charge in [-0.05, 0) is 6.92 Å². The van der Waals surface area contributed by atoms with Crippen molar-refractivity contribution in [2.45, 2.75) is 19.0 Å². The van der Waals surface area contributed by atoms with Crippen molar-refractivity contribution in [1.29, 1.82) is 0 Å². The maximum absolute atomic E-state index is 12.3. The smallest absolute Gasteiger partial charge is 0.244 e. The van der Waals surface area contributed by atoms with Crippen molar-refractivity contribution in [1.82, 2.24) is 19.9 Å². The molecule has 0 radical (unpaired) electrons. The Balaban J connectivity index is 0.00000196. The van der Waals surface area contributed by atoms with E-state index in [4.69, 9.17) is 15.0 Å². The van der Waals surface area contributed by atoms with E-state index in [0.29, 0.717) is 24.8 Å². The monoisotopic (exact) mass is 431 g/mol. The Morgan fingerprint density at radius 3 is 2.46 bits per heavy atom. The predicted molar refractivity (Wildman–Crippen MR) is 111 cm³/mol. The highest BCUT2D eigenvalue weighted by molar-refractivity contribution is 5.85. The summed E-state index contributed by atoms with van der Waals surface area (Å²) in [6, 6.07) is 9.13. The van der Waals surface area contributed by atoms with Crippen LogP contribution in [0.5, 0.6) is 0 Å². The molecule has 0 aliphatic carbocycles. The van der Waals surface area contributed by atoms with Gasteiger partial charge in [0.1, 0.15) is 6.04 Å². The van der Waals surface area contributed by atoms with Crippen LogP contribution in [0.25, 0.3) is 11.4 Å². The van der Waals surface area contributed by atoms with Gasteiger partial charge in [0.2, 0.25) is 17.6 Å². The van der Waals surface area contributed by atoms with Crippen LogP contribution < -0.4 is 5.73 Å². The molecule has 1 fully saturated rings. The molecule has 0 bridgehead atoms. The fraction of sp³-hybridized carbons (Fsp3) is 0.500. The minimum absolute atomic E-state index is 0. The van der Waals surface area contributed by atoms with E-state index in [0.717, 1.165) is 18.7 Å². The van der Waals surface area contributed by atoms with Crippen molar-refractivity contribution in [3.05, 3.63) is 36.2 Å². The largest absolute Gasteiger partial charge is 0.383 e. The maximum Gasteiger partial charge on any atom is 0.244 e. The summed E-state index contributed by atoms with van der Waals surface area (Å²) >= 11 is 0. The zero-order chi connectivity index (χ0) is 18.5. The second-order valence-corrected chi connectivity index (χ2v) is 6.42. The molecule has 0 saturated carbocycles. The van der Waals surface area contributed by atoms with Gasteiger partial charge in [-0.2, -0.15) is 4.98 Å². The number of ether oxygens (including phenoxy) is 1. The van der Waals surface area contributed by atoms with Gasteiger partial charge in [-0.15, -0.1) is 24.8 Å². The summed E-state index contributed by atoms with van der Waals surface area (Å²) in [5, 5.41) is 4.08. The Kier molecular flexibility index (Phi) is 9.84. The normalized spacial score (nSPS) is 16.6. The molecule has 2 unspecified atom stereocenters. The molecule has 0 spiro atoms. The second kappa shape index (κ2) is 11.3. The summed E-state index contributed by atoms with van der Waals surface area (Å²) in [5.74, 6) is 1.11. The van der Waals surface area contributed by atoms with Crippen LogP contribution in [-0.2, 0) is 9.53 Å². The second-order valence-electron chi connectivity index (χ2n) is 6.42. The molecule has 2 heterocycles. The third-order valence-corrected chi connectivity index (χ3v) is 4.67. The summed E-state index contributed by atoms with van der Waals surface area (Å²) in [4.78, 5) is 20.8. The minimum atomic E-state index is -0.603. The van der Waals surface area contributed by atoms with Crippen LogP contribution in [0.4, 0.5) is 0 Å². The van der Waals surface area contributed by atoms with E-state index in [1.165, 1.54) is 0 Å². The lowest BCUT2D eigenvalue weighted by atomic mass is 10.2. The standard InChI is InChI=1S/C18H25N5O3.2ClH/c1-13(17-20-16(21-26-17)14-6-4-3-5-7-14)22-8-10-23(11-9-22)18(24)15(19)12-25-2;;/h3-7,13,15H,8-12,19H2,1-2H3;2*1H. The number of benzene rings is 1. The van der Waals surface area contributed by atoms with Gasteiger partial charge >= 0.3 is 0 Å². The number of methoxy groups -OCH3 is 1. The zero-order valence-electron chi connectivity index (χ0n) is 16.0. The van der Waals surface area contributed by atoms with E-state index in [9.17, 15) is 4.79 Å². The molecule has 1 amide bonds. The Morgan fingerprint density at radius 2 is 1.86 bits per heavy atom. The predicted octanol–water partition coefficient (Wildman–Crippen LogP) is 1.76. The molecule has 1 saturated heterocycles. The van der Waals surface area contributed by atoms with Gasteiger partial charge in [-0.1, -0.05) is 35.5 Å². The third kappa shape index (κ3) is 5.65. The number of carbonyl (C=O) groups is 1. The van der Waals surface area contributed by atoms with E-state index >= 15 is 0 Å². The van der Waals surface area contributed by atoms with Gasteiger partial charge in [0.15, 0.2) is 0 Å². The van der Waals surface area contributed by atoms with E-state index in [2.05, 4.69) is 15.0 Å². The third-order valence-electron chi connectivity index (χ3n) is 4.67. The molecule has 1 aliphatic heterocycles. The van der Waals surface area contributed by atoms with Gasteiger partial charge in [-0.3, -0.25) is 9.69 Å². The number of nitrogens with two attached hydrogens (primary N) is 1. The first-order valence-electron chi connectivity index (χ1n) is 8.76. The fourth-order valence-electron chi connectivity index (χ4n) is 3.08. The number of hydrogen-bond donors (Lipinski definition) is 1. The molecule has 156 valence electrons. The molecule has 1 aromatic carbocycles. The van der Waals surface area contributed by atoms with Crippen LogP contribution in [0.2, 0.25) is 0 Å². The van der Waals surface area contributed by atoms with E-state index < -0.39 is 6.04 Å². The van der Waals surface area contributed by atoms with Crippen molar-refractivity contribution in [3.8, 4) is 11.4 Å². The van der Waals surface area contributed by atoms with Crippen LogP contribution in [0.1, 0.15) is 18.9 Å². The quantitative estimate of drug-likeness (QED) is 0.743. The van der Waals surface area contributed by atoms with E-state index in [1.807, 2.05) is 37.3 Å². The van der Waals surface area contributed by atoms with E-state index in [-0.39, 0.29) is 43.4 Å².